The lowest BCUT2D eigenvalue weighted by molar-refractivity contribution is -0.121. The number of nitrogens with zero attached hydrogens (tertiary/aromatic N) is 1. The maximum Gasteiger partial charge on any atom is 0.261 e. The molecule has 0 saturated carbocycles. The van der Waals surface area contributed by atoms with Gasteiger partial charge in [0.25, 0.3) is 11.8 Å². The van der Waals surface area contributed by atoms with Crippen molar-refractivity contribution in [3.63, 3.8) is 0 Å². The minimum atomic E-state index is -0.328. The standard InChI is InChI=1S/C20H20N2O3/c1-14(15-7-3-2-4-8-15)13-21-18(23)11-12-22-19(24)16-9-5-6-10-17(16)20(22)25/h2-10,14H,11-13H2,1H3,(H,21,23). The predicted octanol–water partition coefficient (Wildman–Crippen LogP) is 2.59. The normalized spacial score (nSPS) is 14.4. The number of imide groups is 1. The van der Waals surface area contributed by atoms with Crippen LogP contribution in [0.1, 0.15) is 45.5 Å². The van der Waals surface area contributed by atoms with Gasteiger partial charge in [-0.15, -0.1) is 0 Å². The lowest BCUT2D eigenvalue weighted by atomic mass is 10.0. The maximum atomic E-state index is 12.2. The maximum absolute atomic E-state index is 12.2. The van der Waals surface area contributed by atoms with Crippen molar-refractivity contribution < 1.29 is 14.4 Å². The largest absolute Gasteiger partial charge is 0.355 e. The van der Waals surface area contributed by atoms with Crippen LogP contribution < -0.4 is 5.32 Å². The molecule has 0 bridgehead atoms. The zero-order chi connectivity index (χ0) is 17.8. The molecule has 1 aliphatic heterocycles. The number of benzene rings is 2. The summed E-state index contributed by atoms with van der Waals surface area (Å²) in [6.07, 6.45) is 0.104. The van der Waals surface area contributed by atoms with Crippen LogP contribution >= 0.6 is 0 Å². The minimum absolute atomic E-state index is 0.0951. The number of nitrogens with one attached hydrogen (secondary N) is 1. The summed E-state index contributed by atoms with van der Waals surface area (Å²) in [5, 5.41) is 2.87. The van der Waals surface area contributed by atoms with E-state index in [1.54, 1.807) is 24.3 Å². The van der Waals surface area contributed by atoms with E-state index in [1.165, 1.54) is 0 Å². The van der Waals surface area contributed by atoms with E-state index in [-0.39, 0.29) is 36.6 Å². The van der Waals surface area contributed by atoms with Crippen molar-refractivity contribution in [2.75, 3.05) is 13.1 Å². The summed E-state index contributed by atoms with van der Waals surface area (Å²) in [6.45, 7) is 2.66. The molecule has 1 atom stereocenters. The highest BCUT2D eigenvalue weighted by Gasteiger charge is 2.34. The summed E-state index contributed by atoms with van der Waals surface area (Å²) in [7, 11) is 0. The third kappa shape index (κ3) is 3.60. The van der Waals surface area contributed by atoms with Crippen molar-refractivity contribution in [2.45, 2.75) is 19.3 Å². The molecule has 0 fully saturated rings. The van der Waals surface area contributed by atoms with Crippen molar-refractivity contribution in [3.05, 3.63) is 71.3 Å². The van der Waals surface area contributed by atoms with E-state index in [1.807, 2.05) is 37.3 Å². The van der Waals surface area contributed by atoms with Gasteiger partial charge in [0, 0.05) is 19.5 Å². The first-order valence-corrected chi connectivity index (χ1v) is 8.35. The SMILES string of the molecule is CC(CNC(=O)CCN1C(=O)c2ccccc2C1=O)c1ccccc1. The zero-order valence-corrected chi connectivity index (χ0v) is 14.1. The van der Waals surface area contributed by atoms with E-state index >= 15 is 0 Å². The van der Waals surface area contributed by atoms with Crippen molar-refractivity contribution in [1.82, 2.24) is 10.2 Å². The second-order valence-corrected chi connectivity index (χ2v) is 6.17. The van der Waals surface area contributed by atoms with Crippen LogP contribution in [0.4, 0.5) is 0 Å². The van der Waals surface area contributed by atoms with Crippen LogP contribution in [0.2, 0.25) is 0 Å². The first-order chi connectivity index (χ1) is 12.1. The Balaban J connectivity index is 1.50. The Hall–Kier alpha value is -2.95. The van der Waals surface area contributed by atoms with E-state index in [2.05, 4.69) is 5.32 Å². The van der Waals surface area contributed by atoms with Gasteiger partial charge in [-0.25, -0.2) is 0 Å². The molecule has 0 spiro atoms. The van der Waals surface area contributed by atoms with Crippen LogP contribution in [0, 0.1) is 0 Å². The van der Waals surface area contributed by atoms with Gasteiger partial charge >= 0.3 is 0 Å². The molecular formula is C20H20N2O3. The van der Waals surface area contributed by atoms with E-state index in [4.69, 9.17) is 0 Å². The van der Waals surface area contributed by atoms with Gasteiger partial charge in [-0.3, -0.25) is 19.3 Å². The quantitative estimate of drug-likeness (QED) is 0.825. The fraction of sp³-hybridized carbons (Fsp3) is 0.250. The monoisotopic (exact) mass is 336 g/mol. The average Bonchev–Trinajstić information content (AvgIpc) is 2.89. The molecule has 0 aliphatic carbocycles. The molecule has 3 rings (SSSR count). The fourth-order valence-corrected chi connectivity index (χ4v) is 2.91. The van der Waals surface area contributed by atoms with Crippen LogP contribution in [0.3, 0.4) is 0 Å². The van der Waals surface area contributed by atoms with E-state index in [0.717, 1.165) is 10.5 Å². The Morgan fingerprint density at radius 1 is 0.960 bits per heavy atom. The fourth-order valence-electron chi connectivity index (χ4n) is 2.91. The highest BCUT2D eigenvalue weighted by Crippen LogP contribution is 2.22. The zero-order valence-electron chi connectivity index (χ0n) is 14.1. The van der Waals surface area contributed by atoms with Gasteiger partial charge in [0.05, 0.1) is 11.1 Å². The smallest absolute Gasteiger partial charge is 0.261 e. The molecule has 1 unspecified atom stereocenters. The molecule has 1 heterocycles. The molecular weight excluding hydrogens is 316 g/mol. The predicted molar refractivity (Wildman–Crippen MR) is 94.3 cm³/mol. The summed E-state index contributed by atoms with van der Waals surface area (Å²) in [4.78, 5) is 37.7. The summed E-state index contributed by atoms with van der Waals surface area (Å²) in [5.74, 6) is -0.624. The van der Waals surface area contributed by atoms with Crippen molar-refractivity contribution in [3.8, 4) is 0 Å². The molecule has 3 amide bonds. The van der Waals surface area contributed by atoms with Gasteiger partial charge in [0.15, 0.2) is 0 Å². The van der Waals surface area contributed by atoms with Gasteiger partial charge < -0.3 is 5.32 Å². The second kappa shape index (κ2) is 7.30. The van der Waals surface area contributed by atoms with Crippen LogP contribution in [0.25, 0.3) is 0 Å². The van der Waals surface area contributed by atoms with Gasteiger partial charge in [0.2, 0.25) is 5.91 Å². The Labute approximate surface area is 146 Å². The number of carbonyl (C=O) groups is 3. The van der Waals surface area contributed by atoms with Crippen LogP contribution in [-0.4, -0.2) is 35.7 Å². The van der Waals surface area contributed by atoms with Gasteiger partial charge in [0.1, 0.15) is 0 Å². The molecule has 128 valence electrons. The molecule has 25 heavy (non-hydrogen) atoms. The van der Waals surface area contributed by atoms with Crippen molar-refractivity contribution in [1.29, 1.82) is 0 Å². The molecule has 1 aliphatic rings. The molecule has 5 heteroatoms. The first-order valence-electron chi connectivity index (χ1n) is 8.35. The third-order valence-electron chi connectivity index (χ3n) is 4.41. The molecule has 0 radical (unpaired) electrons. The molecule has 2 aromatic rings. The van der Waals surface area contributed by atoms with Crippen molar-refractivity contribution >= 4 is 17.7 Å². The van der Waals surface area contributed by atoms with E-state index < -0.39 is 0 Å². The Morgan fingerprint density at radius 2 is 1.52 bits per heavy atom. The Kier molecular flexibility index (Phi) is 4.93. The van der Waals surface area contributed by atoms with Crippen LogP contribution in [0.5, 0.6) is 0 Å². The molecule has 5 nitrogen and oxygen atoms in total. The first kappa shape index (κ1) is 16.9. The summed E-state index contributed by atoms with van der Waals surface area (Å²) >= 11 is 0. The summed E-state index contributed by atoms with van der Waals surface area (Å²) in [5.41, 5.74) is 1.97. The van der Waals surface area contributed by atoms with E-state index in [9.17, 15) is 14.4 Å². The number of hydrogen-bond donors (Lipinski definition) is 1. The lowest BCUT2D eigenvalue weighted by Crippen LogP contribution is -2.35. The number of amides is 3. The molecule has 1 N–H and O–H groups in total. The number of rotatable bonds is 6. The Bertz CT molecular complexity index is 767. The van der Waals surface area contributed by atoms with Crippen LogP contribution in [-0.2, 0) is 4.79 Å². The molecule has 0 aromatic heterocycles. The minimum Gasteiger partial charge on any atom is -0.355 e. The number of hydrogen-bond acceptors (Lipinski definition) is 3. The highest BCUT2D eigenvalue weighted by atomic mass is 16.2. The van der Waals surface area contributed by atoms with E-state index in [0.29, 0.717) is 17.7 Å². The van der Waals surface area contributed by atoms with Crippen molar-refractivity contribution in [2.24, 2.45) is 0 Å². The third-order valence-corrected chi connectivity index (χ3v) is 4.41. The van der Waals surface area contributed by atoms with Crippen LogP contribution in [0.15, 0.2) is 54.6 Å². The number of fused-ring (bicyclic) bond motifs is 1. The molecule has 2 aromatic carbocycles. The van der Waals surface area contributed by atoms with Gasteiger partial charge in [-0.2, -0.15) is 0 Å². The second-order valence-electron chi connectivity index (χ2n) is 6.17. The summed E-state index contributed by atoms with van der Waals surface area (Å²) < 4.78 is 0. The average molecular weight is 336 g/mol. The highest BCUT2D eigenvalue weighted by molar-refractivity contribution is 6.21. The topological polar surface area (TPSA) is 66.5 Å². The molecule has 0 saturated heterocycles. The Morgan fingerprint density at radius 3 is 2.12 bits per heavy atom. The van der Waals surface area contributed by atoms with Gasteiger partial charge in [-0.1, -0.05) is 49.4 Å². The summed E-state index contributed by atoms with van der Waals surface area (Å²) in [6, 6.07) is 16.7. The van der Waals surface area contributed by atoms with Gasteiger partial charge in [-0.05, 0) is 23.6 Å². The number of carbonyl (C=O) groups excluding carboxylic acids is 3. The lowest BCUT2D eigenvalue weighted by Gasteiger charge is -2.15.